The summed E-state index contributed by atoms with van der Waals surface area (Å²) in [6, 6.07) is 4.97. The highest BCUT2D eigenvalue weighted by molar-refractivity contribution is 8.13. The topological polar surface area (TPSA) is 52.0 Å². The Morgan fingerprint density at radius 2 is 2.06 bits per heavy atom. The van der Waals surface area contributed by atoms with Crippen LogP contribution >= 0.6 is 10.7 Å². The van der Waals surface area contributed by atoms with E-state index in [0.717, 1.165) is 5.52 Å². The van der Waals surface area contributed by atoms with Crippen molar-refractivity contribution in [3.63, 3.8) is 0 Å². The van der Waals surface area contributed by atoms with Crippen molar-refractivity contribution >= 4 is 30.8 Å². The van der Waals surface area contributed by atoms with E-state index in [2.05, 4.69) is 4.98 Å². The molecule has 6 heteroatoms. The molecule has 0 amide bonds. The standard InChI is InChI=1S/C10H11ClN2O2S/c1-7(2)13-6-12-9-5-8(16(11,14)15)3-4-10(9)13/h3-7H,1-2H3. The fourth-order valence-electron chi connectivity index (χ4n) is 1.57. The maximum Gasteiger partial charge on any atom is 0.261 e. The molecular weight excluding hydrogens is 248 g/mol. The molecule has 0 saturated heterocycles. The van der Waals surface area contributed by atoms with E-state index in [4.69, 9.17) is 10.7 Å². The van der Waals surface area contributed by atoms with Crippen LogP contribution in [0, 0.1) is 0 Å². The third-order valence-electron chi connectivity index (χ3n) is 2.38. The summed E-state index contributed by atoms with van der Waals surface area (Å²) >= 11 is 0. The third kappa shape index (κ3) is 1.92. The molecule has 0 fully saturated rings. The van der Waals surface area contributed by atoms with Gasteiger partial charge in [-0.15, -0.1) is 0 Å². The van der Waals surface area contributed by atoms with Gasteiger partial charge in [-0.2, -0.15) is 0 Å². The van der Waals surface area contributed by atoms with Crippen molar-refractivity contribution in [2.75, 3.05) is 0 Å². The van der Waals surface area contributed by atoms with Crippen molar-refractivity contribution in [2.45, 2.75) is 24.8 Å². The van der Waals surface area contributed by atoms with Crippen LogP contribution in [-0.2, 0) is 9.05 Å². The second-order valence-corrected chi connectivity index (χ2v) is 6.40. The summed E-state index contributed by atoms with van der Waals surface area (Å²) in [7, 11) is 1.58. The van der Waals surface area contributed by atoms with Crippen LogP contribution in [0.1, 0.15) is 19.9 Å². The van der Waals surface area contributed by atoms with Gasteiger partial charge >= 0.3 is 0 Å². The molecule has 16 heavy (non-hydrogen) atoms. The van der Waals surface area contributed by atoms with Crippen molar-refractivity contribution in [3.8, 4) is 0 Å². The Bertz CT molecular complexity index is 631. The van der Waals surface area contributed by atoms with Gasteiger partial charge in [0.05, 0.1) is 22.3 Å². The fraction of sp³-hybridized carbons (Fsp3) is 0.300. The molecule has 0 aliphatic carbocycles. The molecule has 2 rings (SSSR count). The van der Waals surface area contributed by atoms with Gasteiger partial charge in [0.2, 0.25) is 0 Å². The summed E-state index contributed by atoms with van der Waals surface area (Å²) in [6.07, 6.45) is 1.69. The van der Waals surface area contributed by atoms with Gasteiger partial charge in [0.25, 0.3) is 9.05 Å². The summed E-state index contributed by atoms with van der Waals surface area (Å²) < 4.78 is 24.3. The molecular formula is C10H11ClN2O2S. The Kier molecular flexibility index (Phi) is 2.67. The predicted octanol–water partition coefficient (Wildman–Crippen LogP) is 2.54. The summed E-state index contributed by atoms with van der Waals surface area (Å²) in [5.41, 5.74) is 1.54. The average Bonchev–Trinajstić information content (AvgIpc) is 2.58. The smallest absolute Gasteiger partial charge is 0.261 e. The predicted molar refractivity (Wildman–Crippen MR) is 63.2 cm³/mol. The van der Waals surface area contributed by atoms with Crippen molar-refractivity contribution in [2.24, 2.45) is 0 Å². The Morgan fingerprint density at radius 3 is 2.62 bits per heavy atom. The van der Waals surface area contributed by atoms with Gasteiger partial charge < -0.3 is 4.57 Å². The van der Waals surface area contributed by atoms with Crippen LogP contribution in [-0.4, -0.2) is 18.0 Å². The number of aromatic nitrogens is 2. The Hall–Kier alpha value is -1.07. The van der Waals surface area contributed by atoms with E-state index < -0.39 is 9.05 Å². The van der Waals surface area contributed by atoms with E-state index in [1.165, 1.54) is 12.1 Å². The first-order valence-electron chi connectivity index (χ1n) is 4.81. The lowest BCUT2D eigenvalue weighted by Gasteiger charge is -2.07. The minimum Gasteiger partial charge on any atom is -0.328 e. The van der Waals surface area contributed by atoms with Crippen LogP contribution in [0.25, 0.3) is 11.0 Å². The van der Waals surface area contributed by atoms with Crippen molar-refractivity contribution < 1.29 is 8.42 Å². The van der Waals surface area contributed by atoms with E-state index in [0.29, 0.717) is 5.52 Å². The van der Waals surface area contributed by atoms with E-state index >= 15 is 0 Å². The van der Waals surface area contributed by atoms with Gasteiger partial charge in [0.15, 0.2) is 0 Å². The van der Waals surface area contributed by atoms with Crippen LogP contribution in [0.5, 0.6) is 0 Å². The molecule has 0 aliphatic heterocycles. The third-order valence-corrected chi connectivity index (χ3v) is 3.74. The van der Waals surface area contributed by atoms with Crippen LogP contribution < -0.4 is 0 Å². The molecule has 1 aromatic heterocycles. The number of hydrogen-bond acceptors (Lipinski definition) is 3. The average molecular weight is 259 g/mol. The molecule has 0 spiro atoms. The number of fused-ring (bicyclic) bond motifs is 1. The Labute approximate surface area is 98.3 Å². The maximum absolute atomic E-state index is 11.1. The molecule has 1 heterocycles. The first-order valence-corrected chi connectivity index (χ1v) is 7.12. The van der Waals surface area contributed by atoms with Crippen LogP contribution in [0.2, 0.25) is 0 Å². The van der Waals surface area contributed by atoms with Crippen LogP contribution in [0.3, 0.4) is 0 Å². The first kappa shape index (κ1) is 11.4. The molecule has 0 radical (unpaired) electrons. The lowest BCUT2D eigenvalue weighted by Crippen LogP contribution is -1.98. The second-order valence-electron chi connectivity index (χ2n) is 3.83. The number of halogens is 1. The molecule has 0 atom stereocenters. The molecule has 0 unspecified atom stereocenters. The number of benzene rings is 1. The molecule has 0 bridgehead atoms. The minimum atomic E-state index is -3.68. The number of nitrogens with zero attached hydrogens (tertiary/aromatic N) is 2. The van der Waals surface area contributed by atoms with Gasteiger partial charge in [0, 0.05) is 16.7 Å². The molecule has 1 aromatic carbocycles. The zero-order valence-electron chi connectivity index (χ0n) is 8.88. The SMILES string of the molecule is CC(C)n1cnc2cc(S(=O)(=O)Cl)ccc21. The molecule has 0 saturated carbocycles. The van der Waals surface area contributed by atoms with Crippen molar-refractivity contribution in [3.05, 3.63) is 24.5 Å². The monoisotopic (exact) mass is 258 g/mol. The van der Waals surface area contributed by atoms with E-state index in [1.54, 1.807) is 12.4 Å². The van der Waals surface area contributed by atoms with Crippen molar-refractivity contribution in [1.82, 2.24) is 9.55 Å². The van der Waals surface area contributed by atoms with Gasteiger partial charge in [-0.1, -0.05) is 0 Å². The Morgan fingerprint density at radius 1 is 1.38 bits per heavy atom. The summed E-state index contributed by atoms with van der Waals surface area (Å²) in [6.45, 7) is 4.07. The quantitative estimate of drug-likeness (QED) is 0.778. The maximum atomic E-state index is 11.1. The molecule has 2 aromatic rings. The largest absolute Gasteiger partial charge is 0.328 e. The number of rotatable bonds is 2. The number of imidazole rings is 1. The van der Waals surface area contributed by atoms with Gasteiger partial charge in [-0.05, 0) is 32.0 Å². The lowest BCUT2D eigenvalue weighted by atomic mass is 10.3. The highest BCUT2D eigenvalue weighted by Gasteiger charge is 2.13. The van der Waals surface area contributed by atoms with E-state index in [9.17, 15) is 8.42 Å². The Balaban J connectivity index is 2.67. The fourth-order valence-corrected chi connectivity index (χ4v) is 2.35. The second kappa shape index (κ2) is 3.75. The summed E-state index contributed by atoms with van der Waals surface area (Å²) in [5, 5.41) is 0. The van der Waals surface area contributed by atoms with E-state index in [-0.39, 0.29) is 10.9 Å². The van der Waals surface area contributed by atoms with Crippen LogP contribution in [0.15, 0.2) is 29.4 Å². The lowest BCUT2D eigenvalue weighted by molar-refractivity contribution is 0.609. The van der Waals surface area contributed by atoms with Crippen molar-refractivity contribution in [1.29, 1.82) is 0 Å². The highest BCUT2D eigenvalue weighted by atomic mass is 35.7. The highest BCUT2D eigenvalue weighted by Crippen LogP contribution is 2.22. The zero-order chi connectivity index (χ0) is 11.9. The normalized spacial score (nSPS) is 12.5. The molecule has 0 N–H and O–H groups in total. The molecule has 4 nitrogen and oxygen atoms in total. The van der Waals surface area contributed by atoms with E-state index in [1.807, 2.05) is 18.4 Å². The number of hydrogen-bond donors (Lipinski definition) is 0. The van der Waals surface area contributed by atoms with Gasteiger partial charge in [0.1, 0.15) is 0 Å². The summed E-state index contributed by atoms with van der Waals surface area (Å²) in [5.74, 6) is 0. The van der Waals surface area contributed by atoms with Crippen LogP contribution in [0.4, 0.5) is 0 Å². The molecule has 86 valence electrons. The summed E-state index contributed by atoms with van der Waals surface area (Å²) in [4.78, 5) is 4.23. The first-order chi connectivity index (χ1) is 7.39. The minimum absolute atomic E-state index is 0.0793. The molecule has 0 aliphatic rings. The van der Waals surface area contributed by atoms with Gasteiger partial charge in [-0.3, -0.25) is 0 Å². The zero-order valence-corrected chi connectivity index (χ0v) is 10.5. The van der Waals surface area contributed by atoms with Gasteiger partial charge in [-0.25, -0.2) is 13.4 Å².